The Morgan fingerprint density at radius 3 is 2.91 bits per heavy atom. The lowest BCUT2D eigenvalue weighted by Gasteiger charge is -2.01. The molecule has 0 radical (unpaired) electrons. The molecule has 0 fully saturated rings. The number of nitrogens with zero attached hydrogens (tertiary/aromatic N) is 2. The zero-order chi connectivity index (χ0) is 16.1. The van der Waals surface area contributed by atoms with Crippen LogP contribution in [0.1, 0.15) is 27.8 Å². The number of nitrogens with one attached hydrogen (secondary N) is 1. The summed E-state index contributed by atoms with van der Waals surface area (Å²) in [6, 6.07) is 5.31. The number of thiazole rings is 1. The molecular formula is C13H11N3O5S. The van der Waals surface area contributed by atoms with Crippen molar-refractivity contribution in [1.29, 1.82) is 0 Å². The molecule has 114 valence electrons. The summed E-state index contributed by atoms with van der Waals surface area (Å²) in [5.41, 5.74) is 0.0438. The Kier molecular flexibility index (Phi) is 4.79. The summed E-state index contributed by atoms with van der Waals surface area (Å²) in [6.07, 6.45) is 0. The van der Waals surface area contributed by atoms with Gasteiger partial charge >= 0.3 is 5.97 Å². The van der Waals surface area contributed by atoms with Gasteiger partial charge in [-0.2, -0.15) is 0 Å². The average Bonchev–Trinajstić information content (AvgIpc) is 2.96. The third kappa shape index (κ3) is 3.64. The Bertz CT molecular complexity index is 728. The van der Waals surface area contributed by atoms with Gasteiger partial charge in [0.05, 0.1) is 11.5 Å². The van der Waals surface area contributed by atoms with Crippen LogP contribution in [0, 0.1) is 10.1 Å². The van der Waals surface area contributed by atoms with Crippen LogP contribution in [0.4, 0.5) is 10.8 Å². The number of rotatable bonds is 5. The Morgan fingerprint density at radius 2 is 2.23 bits per heavy atom. The highest BCUT2D eigenvalue weighted by Gasteiger charge is 2.15. The van der Waals surface area contributed by atoms with Gasteiger partial charge in [-0.25, -0.2) is 9.78 Å². The second kappa shape index (κ2) is 6.76. The van der Waals surface area contributed by atoms with Crippen molar-refractivity contribution in [1.82, 2.24) is 4.98 Å². The van der Waals surface area contributed by atoms with E-state index in [0.29, 0.717) is 0 Å². The third-order valence-corrected chi connectivity index (χ3v) is 3.29. The van der Waals surface area contributed by atoms with Crippen LogP contribution in [0.25, 0.3) is 0 Å². The predicted molar refractivity (Wildman–Crippen MR) is 79.1 cm³/mol. The van der Waals surface area contributed by atoms with Gasteiger partial charge in [0, 0.05) is 23.1 Å². The number of hydrogen-bond donors (Lipinski definition) is 1. The molecule has 1 aromatic heterocycles. The molecule has 0 unspecified atom stereocenters. The van der Waals surface area contributed by atoms with Crippen molar-refractivity contribution < 1.29 is 19.2 Å². The number of amides is 1. The van der Waals surface area contributed by atoms with Gasteiger partial charge in [0.1, 0.15) is 0 Å². The van der Waals surface area contributed by atoms with Crippen LogP contribution in [0.15, 0.2) is 29.6 Å². The molecule has 1 N–H and O–H groups in total. The van der Waals surface area contributed by atoms with Gasteiger partial charge in [-0.1, -0.05) is 6.07 Å². The van der Waals surface area contributed by atoms with Crippen molar-refractivity contribution in [2.24, 2.45) is 0 Å². The summed E-state index contributed by atoms with van der Waals surface area (Å²) in [6.45, 7) is 1.90. The molecular weight excluding hydrogens is 310 g/mol. The quantitative estimate of drug-likeness (QED) is 0.514. The van der Waals surface area contributed by atoms with E-state index < -0.39 is 16.8 Å². The van der Waals surface area contributed by atoms with Crippen molar-refractivity contribution in [3.05, 3.63) is 51.0 Å². The summed E-state index contributed by atoms with van der Waals surface area (Å²) < 4.78 is 4.79. The van der Waals surface area contributed by atoms with Crippen molar-refractivity contribution in [3.63, 3.8) is 0 Å². The zero-order valence-corrected chi connectivity index (χ0v) is 12.3. The van der Waals surface area contributed by atoms with E-state index in [1.807, 2.05) is 0 Å². The van der Waals surface area contributed by atoms with Crippen molar-refractivity contribution in [2.45, 2.75) is 6.92 Å². The predicted octanol–water partition coefficient (Wildman–Crippen LogP) is 2.48. The normalized spacial score (nSPS) is 10.0. The van der Waals surface area contributed by atoms with E-state index in [-0.39, 0.29) is 28.7 Å². The van der Waals surface area contributed by atoms with Gasteiger partial charge < -0.3 is 4.74 Å². The lowest BCUT2D eigenvalue weighted by molar-refractivity contribution is -0.384. The van der Waals surface area contributed by atoms with Gasteiger partial charge in [-0.3, -0.25) is 20.2 Å². The molecule has 0 saturated heterocycles. The number of nitro benzene ring substituents is 1. The minimum absolute atomic E-state index is 0.0983. The number of benzene rings is 1. The smallest absolute Gasteiger partial charge is 0.357 e. The number of carbonyl (C=O) groups excluding carboxylic acids is 2. The van der Waals surface area contributed by atoms with Crippen LogP contribution in [-0.2, 0) is 4.74 Å². The fourth-order valence-electron chi connectivity index (χ4n) is 1.56. The maximum absolute atomic E-state index is 12.0. The first-order chi connectivity index (χ1) is 10.5. The van der Waals surface area contributed by atoms with Crippen LogP contribution in [0.3, 0.4) is 0 Å². The summed E-state index contributed by atoms with van der Waals surface area (Å²) >= 11 is 1.06. The first-order valence-electron chi connectivity index (χ1n) is 6.19. The molecule has 0 atom stereocenters. The first-order valence-corrected chi connectivity index (χ1v) is 7.07. The Labute approximate surface area is 128 Å². The standard InChI is InChI=1S/C13H11N3O5S/c1-2-21-12(18)10-7-22-13(14-10)15-11(17)8-4-3-5-9(6-8)16(19)20/h3-7H,2H2,1H3,(H,14,15,17). The lowest BCUT2D eigenvalue weighted by Crippen LogP contribution is -2.12. The second-order valence-corrected chi connectivity index (χ2v) is 4.88. The van der Waals surface area contributed by atoms with Crippen molar-refractivity contribution in [2.75, 3.05) is 11.9 Å². The molecule has 0 bridgehead atoms. The van der Waals surface area contributed by atoms with Crippen LogP contribution in [0.5, 0.6) is 0 Å². The molecule has 1 aromatic carbocycles. The molecule has 0 aliphatic rings. The molecule has 9 heteroatoms. The zero-order valence-electron chi connectivity index (χ0n) is 11.4. The topological polar surface area (TPSA) is 111 Å². The molecule has 0 aliphatic carbocycles. The van der Waals surface area contributed by atoms with E-state index in [0.717, 1.165) is 17.4 Å². The summed E-state index contributed by atoms with van der Waals surface area (Å²) in [5, 5.41) is 14.8. The largest absolute Gasteiger partial charge is 0.461 e. The molecule has 22 heavy (non-hydrogen) atoms. The third-order valence-electron chi connectivity index (χ3n) is 2.53. The van der Waals surface area contributed by atoms with Crippen LogP contribution in [0.2, 0.25) is 0 Å². The van der Waals surface area contributed by atoms with Crippen LogP contribution in [-0.4, -0.2) is 28.4 Å². The van der Waals surface area contributed by atoms with E-state index >= 15 is 0 Å². The van der Waals surface area contributed by atoms with Gasteiger partial charge in [0.2, 0.25) is 0 Å². The highest BCUT2D eigenvalue weighted by molar-refractivity contribution is 7.14. The Hall–Kier alpha value is -2.81. The fourth-order valence-corrected chi connectivity index (χ4v) is 2.23. The number of ether oxygens (including phenoxy) is 1. The molecule has 1 heterocycles. The highest BCUT2D eigenvalue weighted by Crippen LogP contribution is 2.19. The molecule has 0 saturated carbocycles. The molecule has 2 aromatic rings. The Balaban J connectivity index is 2.10. The monoisotopic (exact) mass is 321 g/mol. The molecule has 0 spiro atoms. The average molecular weight is 321 g/mol. The van der Waals surface area contributed by atoms with E-state index in [4.69, 9.17) is 4.74 Å². The SMILES string of the molecule is CCOC(=O)c1csc(NC(=O)c2cccc([N+](=O)[O-])c2)n1. The number of non-ortho nitro benzene ring substituents is 1. The van der Waals surface area contributed by atoms with Gasteiger partial charge in [-0.15, -0.1) is 11.3 Å². The lowest BCUT2D eigenvalue weighted by atomic mass is 10.2. The minimum atomic E-state index is -0.584. The van der Waals surface area contributed by atoms with Crippen LogP contribution < -0.4 is 5.32 Å². The van der Waals surface area contributed by atoms with Crippen molar-refractivity contribution in [3.8, 4) is 0 Å². The molecule has 0 aliphatic heterocycles. The van der Waals surface area contributed by atoms with E-state index in [2.05, 4.69) is 10.3 Å². The number of carbonyl (C=O) groups is 2. The first kappa shape index (κ1) is 15.6. The maximum atomic E-state index is 12.0. The van der Waals surface area contributed by atoms with E-state index in [9.17, 15) is 19.7 Å². The number of anilines is 1. The van der Waals surface area contributed by atoms with E-state index in [1.165, 1.54) is 23.6 Å². The molecule has 8 nitrogen and oxygen atoms in total. The Morgan fingerprint density at radius 1 is 1.45 bits per heavy atom. The van der Waals surface area contributed by atoms with Crippen molar-refractivity contribution >= 4 is 34.0 Å². The summed E-state index contributed by atoms with van der Waals surface area (Å²) in [4.78, 5) is 37.5. The number of hydrogen-bond acceptors (Lipinski definition) is 7. The van der Waals surface area contributed by atoms with E-state index in [1.54, 1.807) is 6.92 Å². The summed E-state index contributed by atoms with van der Waals surface area (Å²) in [7, 11) is 0. The summed E-state index contributed by atoms with van der Waals surface area (Å²) in [5.74, 6) is -1.12. The number of nitro groups is 1. The fraction of sp³-hybridized carbons (Fsp3) is 0.154. The van der Waals surface area contributed by atoms with Gasteiger partial charge in [0.25, 0.3) is 11.6 Å². The number of aromatic nitrogens is 1. The highest BCUT2D eigenvalue weighted by atomic mass is 32.1. The second-order valence-electron chi connectivity index (χ2n) is 4.02. The maximum Gasteiger partial charge on any atom is 0.357 e. The van der Waals surface area contributed by atoms with Gasteiger partial charge in [-0.05, 0) is 13.0 Å². The van der Waals surface area contributed by atoms with Crippen LogP contribution >= 0.6 is 11.3 Å². The molecule has 1 amide bonds. The molecule has 2 rings (SSSR count). The number of esters is 1. The van der Waals surface area contributed by atoms with Gasteiger partial charge in [0.15, 0.2) is 10.8 Å². The minimum Gasteiger partial charge on any atom is -0.461 e.